The average molecular weight is 664 g/mol. The number of amides is 3. The molecule has 3 aliphatic rings. The Morgan fingerprint density at radius 1 is 1.04 bits per heavy atom. The monoisotopic (exact) mass is 663 g/mol. The minimum atomic E-state index is -0.807. The summed E-state index contributed by atoms with van der Waals surface area (Å²) in [7, 11) is 1.64. The van der Waals surface area contributed by atoms with Crippen LogP contribution in [0.2, 0.25) is 0 Å². The number of carbonyl (C=O) groups is 3. The van der Waals surface area contributed by atoms with E-state index < -0.39 is 11.6 Å². The highest BCUT2D eigenvalue weighted by Crippen LogP contribution is 2.33. The van der Waals surface area contributed by atoms with Crippen LogP contribution < -0.4 is 15.4 Å². The van der Waals surface area contributed by atoms with Crippen molar-refractivity contribution in [3.8, 4) is 17.0 Å². The first-order valence-electron chi connectivity index (χ1n) is 16.4. The number of ether oxygens (including phenoxy) is 3. The fourth-order valence-electron chi connectivity index (χ4n) is 6.72. The Kier molecular flexibility index (Phi) is 10.6. The van der Waals surface area contributed by atoms with Crippen molar-refractivity contribution in [3.63, 3.8) is 0 Å². The third kappa shape index (κ3) is 8.17. The molecule has 48 heavy (non-hydrogen) atoms. The normalized spacial score (nSPS) is 23.0. The van der Waals surface area contributed by atoms with Crippen LogP contribution in [0.3, 0.4) is 0 Å². The lowest BCUT2D eigenvalue weighted by atomic mass is 9.83. The number of hydrogen-bond donors (Lipinski definition) is 2. The second-order valence-corrected chi connectivity index (χ2v) is 12.6. The zero-order valence-electron chi connectivity index (χ0n) is 27.1. The van der Waals surface area contributed by atoms with Crippen LogP contribution in [0.5, 0.6) is 5.75 Å². The number of hydrogen-bond acceptors (Lipinski definition) is 9. The Hall–Kier alpha value is -4.40. The number of nitrogens with one attached hydrogen (secondary N) is 2. The van der Waals surface area contributed by atoms with Crippen molar-refractivity contribution < 1.29 is 33.0 Å². The number of halogens is 1. The van der Waals surface area contributed by atoms with Crippen molar-refractivity contribution in [2.75, 3.05) is 59.7 Å². The maximum atomic E-state index is 14.2. The van der Waals surface area contributed by atoms with Gasteiger partial charge in [-0.05, 0) is 54.8 Å². The van der Waals surface area contributed by atoms with Gasteiger partial charge in [0.1, 0.15) is 29.9 Å². The van der Waals surface area contributed by atoms with Crippen LogP contribution in [-0.2, 0) is 30.4 Å². The summed E-state index contributed by atoms with van der Waals surface area (Å²) in [4.78, 5) is 44.8. The summed E-state index contributed by atoms with van der Waals surface area (Å²) in [5.74, 6) is -0.339. The molecule has 3 fully saturated rings. The van der Waals surface area contributed by atoms with Crippen molar-refractivity contribution >= 4 is 17.7 Å². The standard InChI is InChI=1S/C34H42FN7O6/c1-46-28-4-2-3-24(17-28)20-40-12-9-34(10-13-40)19-32(44)41-21-27(42-22-29(38-39-42)25-5-7-26(35)8-6-25)18-30(41)33(45)36-11-14-47-15-16-48-23-31(43)37-34/h2-8,17,22,27,30H,9-16,18-21,23H2,1H3,(H,36,45)(H,37,43)/t27-,30-/m0/s1. The molecular formula is C34H42FN7O6. The Labute approximate surface area is 278 Å². The average Bonchev–Trinajstić information content (AvgIpc) is 3.76. The van der Waals surface area contributed by atoms with Crippen LogP contribution in [0.15, 0.2) is 54.7 Å². The molecule has 0 saturated carbocycles. The Morgan fingerprint density at radius 2 is 1.83 bits per heavy atom. The van der Waals surface area contributed by atoms with Gasteiger partial charge in [-0.15, -0.1) is 5.10 Å². The van der Waals surface area contributed by atoms with E-state index in [4.69, 9.17) is 14.2 Å². The molecule has 0 aliphatic carbocycles. The Morgan fingerprint density at radius 3 is 2.62 bits per heavy atom. The lowest BCUT2D eigenvalue weighted by Gasteiger charge is -2.43. The molecule has 2 atom stereocenters. The predicted molar refractivity (Wildman–Crippen MR) is 172 cm³/mol. The van der Waals surface area contributed by atoms with Crippen LogP contribution in [0.25, 0.3) is 11.3 Å². The van der Waals surface area contributed by atoms with Crippen LogP contribution in [0.4, 0.5) is 4.39 Å². The van der Waals surface area contributed by atoms with Gasteiger partial charge in [0.15, 0.2) is 0 Å². The SMILES string of the molecule is COc1cccc(CN2CCC3(CC2)CC(=O)N2C[C@@H](n4cc(-c5ccc(F)cc5)nn4)C[C@H]2C(=O)NCCOCCOCC(=O)N3)c1. The smallest absolute Gasteiger partial charge is 0.246 e. The van der Waals surface area contributed by atoms with Gasteiger partial charge >= 0.3 is 0 Å². The second-order valence-electron chi connectivity index (χ2n) is 12.6. The molecule has 2 aromatic carbocycles. The van der Waals surface area contributed by atoms with Gasteiger partial charge < -0.3 is 29.7 Å². The van der Waals surface area contributed by atoms with E-state index in [1.54, 1.807) is 35.0 Å². The van der Waals surface area contributed by atoms with E-state index in [2.05, 4.69) is 31.9 Å². The molecule has 4 heterocycles. The predicted octanol–water partition coefficient (Wildman–Crippen LogP) is 1.94. The lowest BCUT2D eigenvalue weighted by molar-refractivity contribution is -0.141. The Bertz CT molecular complexity index is 1580. The van der Waals surface area contributed by atoms with Gasteiger partial charge in [0.25, 0.3) is 0 Å². The topological polar surface area (TPSA) is 140 Å². The summed E-state index contributed by atoms with van der Waals surface area (Å²) in [6, 6.07) is 12.9. The fraction of sp³-hybridized carbons (Fsp3) is 0.500. The summed E-state index contributed by atoms with van der Waals surface area (Å²) in [5.41, 5.74) is 1.58. The first-order chi connectivity index (χ1) is 23.3. The number of methoxy groups -OCH3 is 1. The van der Waals surface area contributed by atoms with E-state index in [9.17, 15) is 18.8 Å². The molecule has 3 saturated heterocycles. The number of fused-ring (bicyclic) bond motifs is 1. The fourth-order valence-corrected chi connectivity index (χ4v) is 6.72. The van der Waals surface area contributed by atoms with Gasteiger partial charge in [0.2, 0.25) is 17.7 Å². The molecule has 0 bridgehead atoms. The summed E-state index contributed by atoms with van der Waals surface area (Å²) >= 11 is 0. The number of aromatic nitrogens is 3. The minimum Gasteiger partial charge on any atom is -0.497 e. The minimum absolute atomic E-state index is 0.0452. The van der Waals surface area contributed by atoms with E-state index >= 15 is 0 Å². The molecule has 3 amide bonds. The second kappa shape index (κ2) is 15.2. The van der Waals surface area contributed by atoms with E-state index in [-0.39, 0.29) is 75.5 Å². The molecule has 13 nitrogen and oxygen atoms in total. The highest BCUT2D eigenvalue weighted by molar-refractivity contribution is 5.89. The van der Waals surface area contributed by atoms with Gasteiger partial charge in [0, 0.05) is 44.7 Å². The van der Waals surface area contributed by atoms with Crippen LogP contribution >= 0.6 is 0 Å². The van der Waals surface area contributed by atoms with Gasteiger partial charge in [-0.3, -0.25) is 19.3 Å². The lowest BCUT2D eigenvalue weighted by Crippen LogP contribution is -2.58. The summed E-state index contributed by atoms with van der Waals surface area (Å²) in [5, 5.41) is 14.6. The molecular weight excluding hydrogens is 621 g/mol. The molecule has 256 valence electrons. The number of likely N-dealkylation sites (tertiary alicyclic amines) is 1. The maximum Gasteiger partial charge on any atom is 0.246 e. The number of benzene rings is 2. The molecule has 2 N–H and O–H groups in total. The van der Waals surface area contributed by atoms with E-state index in [0.717, 1.165) is 11.3 Å². The Balaban J connectivity index is 1.20. The summed E-state index contributed by atoms with van der Waals surface area (Å²) < 4.78 is 31.6. The van der Waals surface area contributed by atoms with Crippen molar-refractivity contribution in [2.45, 2.75) is 49.9 Å². The molecule has 6 rings (SSSR count). The van der Waals surface area contributed by atoms with Crippen molar-refractivity contribution in [2.24, 2.45) is 0 Å². The van der Waals surface area contributed by atoms with E-state index in [0.29, 0.717) is 50.2 Å². The number of nitrogens with zero attached hydrogens (tertiary/aromatic N) is 5. The molecule has 3 aromatic rings. The van der Waals surface area contributed by atoms with Crippen LogP contribution in [0, 0.1) is 5.82 Å². The zero-order valence-corrected chi connectivity index (χ0v) is 27.1. The van der Waals surface area contributed by atoms with Crippen molar-refractivity contribution in [1.29, 1.82) is 0 Å². The summed E-state index contributed by atoms with van der Waals surface area (Å²) in [6.07, 6.45) is 3.24. The highest BCUT2D eigenvalue weighted by Gasteiger charge is 2.45. The highest BCUT2D eigenvalue weighted by atomic mass is 19.1. The van der Waals surface area contributed by atoms with Gasteiger partial charge in [-0.1, -0.05) is 17.3 Å². The first-order valence-corrected chi connectivity index (χ1v) is 16.4. The van der Waals surface area contributed by atoms with Crippen molar-refractivity contribution in [1.82, 2.24) is 35.4 Å². The molecule has 14 heteroatoms. The zero-order chi connectivity index (χ0) is 33.5. The number of rotatable bonds is 5. The maximum absolute atomic E-state index is 14.2. The molecule has 1 aromatic heterocycles. The molecule has 0 unspecified atom stereocenters. The number of carbonyl (C=O) groups excluding carboxylic acids is 3. The van der Waals surface area contributed by atoms with Gasteiger partial charge in [-0.2, -0.15) is 0 Å². The molecule has 1 spiro atoms. The quantitative estimate of drug-likeness (QED) is 0.419. The van der Waals surface area contributed by atoms with Gasteiger partial charge in [-0.25, -0.2) is 9.07 Å². The summed E-state index contributed by atoms with van der Waals surface area (Å²) in [6.45, 7) is 3.21. The largest absolute Gasteiger partial charge is 0.497 e. The van der Waals surface area contributed by atoms with E-state index in [1.165, 1.54) is 12.1 Å². The third-order valence-electron chi connectivity index (χ3n) is 9.32. The van der Waals surface area contributed by atoms with Crippen molar-refractivity contribution in [3.05, 3.63) is 66.1 Å². The van der Waals surface area contributed by atoms with E-state index in [1.807, 2.05) is 18.2 Å². The van der Waals surface area contributed by atoms with Gasteiger partial charge in [0.05, 0.1) is 51.1 Å². The first kappa shape index (κ1) is 33.5. The van der Waals surface area contributed by atoms with Crippen LogP contribution in [0.1, 0.15) is 37.3 Å². The van der Waals surface area contributed by atoms with Crippen LogP contribution in [-0.4, -0.2) is 114 Å². The number of piperidine rings is 1. The molecule has 0 radical (unpaired) electrons. The third-order valence-corrected chi connectivity index (χ3v) is 9.32. The molecule has 3 aliphatic heterocycles.